The van der Waals surface area contributed by atoms with Crippen LogP contribution >= 0.6 is 0 Å². The quantitative estimate of drug-likeness (QED) is 0.782. The summed E-state index contributed by atoms with van der Waals surface area (Å²) in [7, 11) is -3.24. The maximum Gasteiger partial charge on any atom is 0.223 e. The minimum Gasteiger partial charge on any atom is -0.341 e. The molecule has 8 nitrogen and oxygen atoms in total. The van der Waals surface area contributed by atoms with Gasteiger partial charge >= 0.3 is 0 Å². The molecule has 1 aromatic rings. The Morgan fingerprint density at radius 2 is 2.30 bits per heavy atom. The number of aromatic nitrogens is 3. The normalized spacial score (nSPS) is 20.1. The summed E-state index contributed by atoms with van der Waals surface area (Å²) in [6, 6.07) is 0.151. The van der Waals surface area contributed by atoms with Gasteiger partial charge < -0.3 is 4.90 Å². The number of rotatable bonds is 5. The molecule has 0 bridgehead atoms. The second kappa shape index (κ2) is 6.31. The third-order valence-electron chi connectivity index (χ3n) is 3.26. The molecule has 1 fully saturated rings. The summed E-state index contributed by atoms with van der Waals surface area (Å²) < 4.78 is 26.0. The molecule has 0 spiro atoms. The van der Waals surface area contributed by atoms with Crippen molar-refractivity contribution in [2.45, 2.75) is 25.3 Å². The topological polar surface area (TPSA) is 97.2 Å². The fourth-order valence-electron chi connectivity index (χ4n) is 2.30. The molecule has 0 radical (unpaired) electrons. The molecule has 112 valence electrons. The van der Waals surface area contributed by atoms with E-state index < -0.39 is 10.0 Å². The van der Waals surface area contributed by atoms with Crippen LogP contribution in [0.5, 0.6) is 0 Å². The predicted molar refractivity (Wildman–Crippen MR) is 72.3 cm³/mol. The van der Waals surface area contributed by atoms with E-state index in [9.17, 15) is 13.2 Å². The zero-order valence-corrected chi connectivity index (χ0v) is 12.2. The van der Waals surface area contributed by atoms with Gasteiger partial charge in [0.25, 0.3) is 0 Å². The largest absolute Gasteiger partial charge is 0.341 e. The second-order valence-corrected chi connectivity index (χ2v) is 6.76. The fraction of sp³-hybridized carbons (Fsp3) is 0.727. The van der Waals surface area contributed by atoms with E-state index in [1.165, 1.54) is 6.33 Å². The third kappa shape index (κ3) is 4.27. The van der Waals surface area contributed by atoms with Crippen LogP contribution < -0.4 is 4.72 Å². The molecule has 0 aliphatic carbocycles. The van der Waals surface area contributed by atoms with Gasteiger partial charge in [-0.2, -0.15) is 5.10 Å². The first-order valence-corrected chi connectivity index (χ1v) is 8.41. The number of amides is 1. The van der Waals surface area contributed by atoms with Gasteiger partial charge in [0, 0.05) is 26.1 Å². The predicted octanol–water partition coefficient (Wildman–Crippen LogP) is -0.619. The Labute approximate surface area is 118 Å². The van der Waals surface area contributed by atoms with E-state index in [0.717, 1.165) is 19.1 Å². The molecule has 1 aliphatic rings. The van der Waals surface area contributed by atoms with Crippen LogP contribution in [0.4, 0.5) is 0 Å². The van der Waals surface area contributed by atoms with Crippen molar-refractivity contribution >= 4 is 15.9 Å². The van der Waals surface area contributed by atoms with Crippen LogP contribution in [0.15, 0.2) is 12.7 Å². The van der Waals surface area contributed by atoms with Crippen molar-refractivity contribution < 1.29 is 13.2 Å². The molecule has 1 unspecified atom stereocenters. The SMILES string of the molecule is CS(=O)(=O)NCCC(=O)N1CCCC(n2cncn2)C1. The molecule has 1 N–H and O–H groups in total. The minimum atomic E-state index is -3.24. The minimum absolute atomic E-state index is 0.0361. The molecule has 0 saturated carbocycles. The summed E-state index contributed by atoms with van der Waals surface area (Å²) in [6.07, 6.45) is 6.28. The van der Waals surface area contributed by atoms with Gasteiger partial charge in [0.1, 0.15) is 12.7 Å². The summed E-state index contributed by atoms with van der Waals surface area (Å²) in [5.74, 6) is -0.0361. The van der Waals surface area contributed by atoms with E-state index in [4.69, 9.17) is 0 Å². The zero-order valence-electron chi connectivity index (χ0n) is 11.4. The average Bonchev–Trinajstić information content (AvgIpc) is 2.91. The monoisotopic (exact) mass is 301 g/mol. The molecule has 0 aromatic carbocycles. The van der Waals surface area contributed by atoms with E-state index >= 15 is 0 Å². The number of carbonyl (C=O) groups is 1. The van der Waals surface area contributed by atoms with Gasteiger partial charge in [0.15, 0.2) is 0 Å². The molecule has 9 heteroatoms. The maximum absolute atomic E-state index is 12.0. The van der Waals surface area contributed by atoms with Crippen LogP contribution in [-0.2, 0) is 14.8 Å². The van der Waals surface area contributed by atoms with Gasteiger partial charge in [-0.1, -0.05) is 0 Å². The number of likely N-dealkylation sites (tertiary alicyclic amines) is 1. The van der Waals surface area contributed by atoms with Gasteiger partial charge in [-0.25, -0.2) is 22.8 Å². The Kier molecular flexibility index (Phi) is 4.71. The van der Waals surface area contributed by atoms with Crippen molar-refractivity contribution in [2.75, 3.05) is 25.9 Å². The highest BCUT2D eigenvalue weighted by Crippen LogP contribution is 2.20. The Bertz CT molecular complexity index is 542. The summed E-state index contributed by atoms with van der Waals surface area (Å²) in [5.41, 5.74) is 0. The molecule has 1 atom stereocenters. The summed E-state index contributed by atoms with van der Waals surface area (Å²) >= 11 is 0. The summed E-state index contributed by atoms with van der Waals surface area (Å²) in [6.45, 7) is 1.45. The number of piperidine rings is 1. The first kappa shape index (κ1) is 14.9. The van der Waals surface area contributed by atoms with Crippen molar-refractivity contribution in [3.05, 3.63) is 12.7 Å². The van der Waals surface area contributed by atoms with Crippen LogP contribution in [0, 0.1) is 0 Å². The van der Waals surface area contributed by atoms with Crippen LogP contribution in [-0.4, -0.2) is 59.9 Å². The molecule has 2 rings (SSSR count). The van der Waals surface area contributed by atoms with Gasteiger partial charge in [0.2, 0.25) is 15.9 Å². The number of sulfonamides is 1. The third-order valence-corrected chi connectivity index (χ3v) is 3.99. The molecular formula is C11H19N5O3S. The zero-order chi connectivity index (χ0) is 14.6. The maximum atomic E-state index is 12.0. The van der Waals surface area contributed by atoms with Crippen molar-refractivity contribution in [3.8, 4) is 0 Å². The molecule has 1 aromatic heterocycles. The van der Waals surface area contributed by atoms with Gasteiger partial charge in [-0.3, -0.25) is 4.79 Å². The molecule has 1 aliphatic heterocycles. The number of carbonyl (C=O) groups excluding carboxylic acids is 1. The Morgan fingerprint density at radius 1 is 1.50 bits per heavy atom. The van der Waals surface area contributed by atoms with Gasteiger partial charge in [0.05, 0.1) is 12.3 Å². The lowest BCUT2D eigenvalue weighted by Gasteiger charge is -2.32. The van der Waals surface area contributed by atoms with E-state index in [1.807, 2.05) is 0 Å². The van der Waals surface area contributed by atoms with Crippen LogP contribution in [0.1, 0.15) is 25.3 Å². The molecule has 20 heavy (non-hydrogen) atoms. The number of nitrogens with one attached hydrogen (secondary N) is 1. The summed E-state index contributed by atoms with van der Waals surface area (Å²) in [4.78, 5) is 17.7. The number of nitrogens with zero attached hydrogens (tertiary/aromatic N) is 4. The molecule has 1 saturated heterocycles. The Hall–Kier alpha value is -1.48. The molecular weight excluding hydrogens is 282 g/mol. The van der Waals surface area contributed by atoms with E-state index in [0.29, 0.717) is 13.1 Å². The highest BCUT2D eigenvalue weighted by atomic mass is 32.2. The first-order chi connectivity index (χ1) is 9.46. The molecule has 2 heterocycles. The van der Waals surface area contributed by atoms with Gasteiger partial charge in [-0.05, 0) is 12.8 Å². The highest BCUT2D eigenvalue weighted by molar-refractivity contribution is 7.88. The van der Waals surface area contributed by atoms with Gasteiger partial charge in [-0.15, -0.1) is 0 Å². The standard InChI is InChI=1S/C11H19N5O3S/c1-20(18,19)14-5-4-11(17)15-6-2-3-10(7-15)16-9-12-8-13-16/h8-10,14H,2-7H2,1H3. The van der Waals surface area contributed by atoms with E-state index in [1.54, 1.807) is 15.9 Å². The fourth-order valence-corrected chi connectivity index (χ4v) is 2.78. The van der Waals surface area contributed by atoms with Crippen LogP contribution in [0.2, 0.25) is 0 Å². The average molecular weight is 301 g/mol. The van der Waals surface area contributed by atoms with E-state index in [2.05, 4.69) is 14.8 Å². The first-order valence-electron chi connectivity index (χ1n) is 6.52. The Morgan fingerprint density at radius 3 is 2.95 bits per heavy atom. The van der Waals surface area contributed by atoms with Crippen molar-refractivity contribution in [3.63, 3.8) is 0 Å². The summed E-state index contributed by atoms with van der Waals surface area (Å²) in [5, 5.41) is 4.10. The number of hydrogen-bond donors (Lipinski definition) is 1. The van der Waals surface area contributed by atoms with Crippen LogP contribution in [0.25, 0.3) is 0 Å². The smallest absolute Gasteiger partial charge is 0.223 e. The van der Waals surface area contributed by atoms with Crippen molar-refractivity contribution in [2.24, 2.45) is 0 Å². The van der Waals surface area contributed by atoms with Crippen molar-refractivity contribution in [1.29, 1.82) is 0 Å². The lowest BCUT2D eigenvalue weighted by atomic mass is 10.1. The highest BCUT2D eigenvalue weighted by Gasteiger charge is 2.24. The Balaban J connectivity index is 1.84. The number of hydrogen-bond acceptors (Lipinski definition) is 5. The molecule has 1 amide bonds. The lowest BCUT2D eigenvalue weighted by molar-refractivity contribution is -0.132. The second-order valence-electron chi connectivity index (χ2n) is 4.93. The van der Waals surface area contributed by atoms with Crippen LogP contribution in [0.3, 0.4) is 0 Å². The van der Waals surface area contributed by atoms with E-state index in [-0.39, 0.29) is 24.9 Å². The lowest BCUT2D eigenvalue weighted by Crippen LogP contribution is -2.42. The van der Waals surface area contributed by atoms with Crippen molar-refractivity contribution in [1.82, 2.24) is 24.4 Å².